The first-order valence-electron chi connectivity index (χ1n) is 8.86. The third-order valence-electron chi connectivity index (χ3n) is 4.02. The fourth-order valence-electron chi connectivity index (χ4n) is 2.63. The van der Waals surface area contributed by atoms with Crippen molar-refractivity contribution in [2.24, 2.45) is 0 Å². The second kappa shape index (κ2) is 9.88. The summed E-state index contributed by atoms with van der Waals surface area (Å²) >= 11 is 0. The number of benzene rings is 2. The largest absolute Gasteiger partial charge is 0.325 e. The number of hydrogen-bond acceptors (Lipinski definition) is 4. The van der Waals surface area contributed by atoms with Gasteiger partial charge in [0.2, 0.25) is 11.8 Å². The number of hydrogen-bond donors (Lipinski definition) is 3. The molecule has 3 N–H and O–H groups in total. The molecule has 0 aliphatic rings. The van der Waals surface area contributed by atoms with Gasteiger partial charge in [-0.1, -0.05) is 17.7 Å². The molecule has 10 heteroatoms. The third kappa shape index (κ3) is 6.31. The van der Waals surface area contributed by atoms with Gasteiger partial charge in [0.15, 0.2) is 17.5 Å². The van der Waals surface area contributed by atoms with E-state index in [1.54, 1.807) is 6.07 Å². The number of nitrogens with one attached hydrogen (secondary N) is 3. The fourth-order valence-corrected chi connectivity index (χ4v) is 2.63. The molecule has 2 aromatic rings. The number of aryl methyl sites for hydroxylation is 2. The van der Waals surface area contributed by atoms with Crippen molar-refractivity contribution in [3.8, 4) is 0 Å². The second-order valence-electron chi connectivity index (χ2n) is 6.76. The Morgan fingerprint density at radius 3 is 2.17 bits per heavy atom. The van der Waals surface area contributed by atoms with E-state index in [1.165, 1.54) is 11.9 Å². The van der Waals surface area contributed by atoms with Crippen molar-refractivity contribution < 1.29 is 27.6 Å². The van der Waals surface area contributed by atoms with Gasteiger partial charge >= 0.3 is 6.03 Å². The molecule has 0 atom stereocenters. The number of likely N-dealkylation sites (N-methyl/N-ethyl adjacent to an activating group) is 1. The van der Waals surface area contributed by atoms with Gasteiger partial charge in [0.25, 0.3) is 0 Å². The highest BCUT2D eigenvalue weighted by Crippen LogP contribution is 2.19. The quantitative estimate of drug-likeness (QED) is 0.625. The summed E-state index contributed by atoms with van der Waals surface area (Å²) in [6, 6.07) is 6.23. The van der Waals surface area contributed by atoms with Crippen molar-refractivity contribution in [3.63, 3.8) is 0 Å². The topological polar surface area (TPSA) is 90.5 Å². The van der Waals surface area contributed by atoms with Crippen LogP contribution in [0.15, 0.2) is 30.3 Å². The standard InChI is InChI=1S/C20H21F3N4O3/c1-11-4-6-14(12(2)8-11)25-20(30)26-17(29)10-27(3)9-16(28)24-15-7-5-13(21)18(22)19(15)23/h4-8H,9-10H2,1-3H3,(H,24,28)(H2,25,26,29,30). The van der Waals surface area contributed by atoms with Gasteiger partial charge in [-0.25, -0.2) is 18.0 Å². The van der Waals surface area contributed by atoms with Crippen molar-refractivity contribution >= 4 is 29.2 Å². The number of carbonyl (C=O) groups excluding carboxylic acids is 3. The summed E-state index contributed by atoms with van der Waals surface area (Å²) in [6.07, 6.45) is 0. The third-order valence-corrected chi connectivity index (χ3v) is 4.02. The first kappa shape index (κ1) is 22.9. The van der Waals surface area contributed by atoms with E-state index in [9.17, 15) is 27.6 Å². The second-order valence-corrected chi connectivity index (χ2v) is 6.76. The van der Waals surface area contributed by atoms with Gasteiger partial charge in [-0.3, -0.25) is 19.8 Å². The Kier molecular flexibility index (Phi) is 7.54. The Balaban J connectivity index is 1.83. The first-order chi connectivity index (χ1) is 14.1. The number of anilines is 2. The molecule has 0 radical (unpaired) electrons. The summed E-state index contributed by atoms with van der Waals surface area (Å²) < 4.78 is 39.7. The average Bonchev–Trinajstić information content (AvgIpc) is 2.64. The molecule has 0 aliphatic heterocycles. The van der Waals surface area contributed by atoms with Crippen molar-refractivity contribution in [1.82, 2.24) is 10.2 Å². The molecule has 0 saturated heterocycles. The Hall–Kier alpha value is -3.40. The molecule has 0 fully saturated rings. The fraction of sp³-hybridized carbons (Fsp3) is 0.250. The smallest absolute Gasteiger partial charge is 0.322 e. The molecule has 0 bridgehead atoms. The normalized spacial score (nSPS) is 10.6. The molecular weight excluding hydrogens is 401 g/mol. The molecule has 0 aliphatic carbocycles. The molecule has 0 spiro atoms. The zero-order valence-corrected chi connectivity index (χ0v) is 16.6. The molecule has 160 valence electrons. The van der Waals surface area contributed by atoms with Crippen LogP contribution in [0.4, 0.5) is 29.3 Å². The van der Waals surface area contributed by atoms with E-state index in [-0.39, 0.29) is 13.1 Å². The summed E-state index contributed by atoms with van der Waals surface area (Å²) in [7, 11) is 1.42. The Morgan fingerprint density at radius 2 is 1.50 bits per heavy atom. The number of rotatable bonds is 6. The molecule has 2 aromatic carbocycles. The van der Waals surface area contributed by atoms with Crippen molar-refractivity contribution in [2.45, 2.75) is 13.8 Å². The monoisotopic (exact) mass is 422 g/mol. The Morgan fingerprint density at radius 1 is 0.867 bits per heavy atom. The summed E-state index contributed by atoms with van der Waals surface area (Å²) in [5, 5.41) is 6.78. The molecule has 2 rings (SSSR count). The van der Waals surface area contributed by atoms with Crippen molar-refractivity contribution in [3.05, 3.63) is 58.9 Å². The maximum atomic E-state index is 13.6. The lowest BCUT2D eigenvalue weighted by Crippen LogP contribution is -2.42. The van der Waals surface area contributed by atoms with E-state index in [1.807, 2.05) is 26.0 Å². The first-order valence-corrected chi connectivity index (χ1v) is 8.86. The number of halogens is 3. The van der Waals surface area contributed by atoms with Crippen LogP contribution in [-0.2, 0) is 9.59 Å². The molecule has 0 unspecified atom stereocenters. The highest BCUT2D eigenvalue weighted by molar-refractivity contribution is 6.02. The van der Waals surface area contributed by atoms with Gasteiger partial charge in [0.1, 0.15) is 0 Å². The van der Waals surface area contributed by atoms with Crippen LogP contribution in [0.5, 0.6) is 0 Å². The van der Waals surface area contributed by atoms with E-state index in [0.29, 0.717) is 11.8 Å². The van der Waals surface area contributed by atoms with Crippen LogP contribution >= 0.6 is 0 Å². The van der Waals surface area contributed by atoms with Gasteiger partial charge in [-0.2, -0.15) is 0 Å². The van der Waals surface area contributed by atoms with Crippen LogP contribution in [0.3, 0.4) is 0 Å². The maximum absolute atomic E-state index is 13.6. The minimum atomic E-state index is -1.70. The van der Waals surface area contributed by atoms with Gasteiger partial charge in [0.05, 0.1) is 18.8 Å². The van der Waals surface area contributed by atoms with Crippen LogP contribution in [-0.4, -0.2) is 42.9 Å². The molecule has 0 heterocycles. The van der Waals surface area contributed by atoms with Crippen molar-refractivity contribution in [2.75, 3.05) is 30.8 Å². The van der Waals surface area contributed by atoms with E-state index in [2.05, 4.69) is 16.0 Å². The molecule has 30 heavy (non-hydrogen) atoms. The van der Waals surface area contributed by atoms with Crippen LogP contribution in [0.25, 0.3) is 0 Å². The predicted molar refractivity (Wildman–Crippen MR) is 106 cm³/mol. The van der Waals surface area contributed by atoms with Crippen LogP contribution < -0.4 is 16.0 Å². The maximum Gasteiger partial charge on any atom is 0.325 e. The number of imide groups is 1. The number of urea groups is 1. The minimum absolute atomic E-state index is 0.312. The van der Waals surface area contributed by atoms with E-state index >= 15 is 0 Å². The van der Waals surface area contributed by atoms with E-state index in [0.717, 1.165) is 17.2 Å². The van der Waals surface area contributed by atoms with Gasteiger partial charge in [0, 0.05) is 5.69 Å². The Labute approximate surface area is 171 Å². The van der Waals surface area contributed by atoms with Gasteiger partial charge in [-0.05, 0) is 44.7 Å². The summed E-state index contributed by atoms with van der Waals surface area (Å²) in [5.41, 5.74) is 1.88. The molecular formula is C20H21F3N4O3. The number of carbonyl (C=O) groups is 3. The zero-order valence-electron chi connectivity index (χ0n) is 16.6. The van der Waals surface area contributed by atoms with Crippen molar-refractivity contribution in [1.29, 1.82) is 0 Å². The van der Waals surface area contributed by atoms with Crippen LogP contribution in [0.2, 0.25) is 0 Å². The Bertz CT molecular complexity index is 982. The van der Waals surface area contributed by atoms with E-state index < -0.39 is 41.0 Å². The predicted octanol–water partition coefficient (Wildman–Crippen LogP) is 2.94. The molecule has 7 nitrogen and oxygen atoms in total. The average molecular weight is 422 g/mol. The van der Waals surface area contributed by atoms with Crippen LogP contribution in [0.1, 0.15) is 11.1 Å². The highest BCUT2D eigenvalue weighted by Gasteiger charge is 2.17. The lowest BCUT2D eigenvalue weighted by Gasteiger charge is -2.16. The molecule has 0 saturated carbocycles. The highest BCUT2D eigenvalue weighted by atomic mass is 19.2. The zero-order chi connectivity index (χ0) is 22.4. The summed E-state index contributed by atoms with van der Waals surface area (Å²) in [5.74, 6) is -6.03. The van der Waals surface area contributed by atoms with Gasteiger partial charge in [-0.15, -0.1) is 0 Å². The molecule has 0 aromatic heterocycles. The summed E-state index contributed by atoms with van der Waals surface area (Å²) in [4.78, 5) is 37.1. The molecule has 4 amide bonds. The SMILES string of the molecule is Cc1ccc(NC(=O)NC(=O)CN(C)CC(=O)Nc2ccc(F)c(F)c2F)c(C)c1. The van der Waals surface area contributed by atoms with E-state index in [4.69, 9.17) is 0 Å². The summed E-state index contributed by atoms with van der Waals surface area (Å²) in [6.45, 7) is 3.05. The number of amides is 4. The minimum Gasteiger partial charge on any atom is -0.322 e. The lowest BCUT2D eigenvalue weighted by molar-refractivity contribution is -0.122. The van der Waals surface area contributed by atoms with Crippen LogP contribution in [0, 0.1) is 31.3 Å². The lowest BCUT2D eigenvalue weighted by atomic mass is 10.1. The number of nitrogens with zero attached hydrogens (tertiary/aromatic N) is 1. The van der Waals surface area contributed by atoms with Gasteiger partial charge < -0.3 is 10.6 Å².